The van der Waals surface area contributed by atoms with Crippen LogP contribution < -0.4 is 15.2 Å². The molecule has 0 aliphatic heterocycles. The van der Waals surface area contributed by atoms with Crippen molar-refractivity contribution in [3.8, 4) is 11.5 Å². The number of hydrogen-bond donors (Lipinski definition) is 1. The second-order valence-corrected chi connectivity index (χ2v) is 5.12. The van der Waals surface area contributed by atoms with Crippen LogP contribution in [-0.2, 0) is 9.53 Å². The number of unbranched alkanes of at least 4 members (excludes halogenated alkanes) is 1. The Morgan fingerprint density at radius 1 is 1.29 bits per heavy atom. The molecule has 0 heterocycles. The van der Waals surface area contributed by atoms with E-state index in [4.69, 9.17) is 19.9 Å². The number of carbonyl (C=O) groups excluding carboxylic acids is 1. The molecule has 0 spiro atoms. The molecule has 21 heavy (non-hydrogen) atoms. The molecule has 0 bridgehead atoms. The van der Waals surface area contributed by atoms with E-state index in [9.17, 15) is 4.79 Å². The second-order valence-electron chi connectivity index (χ2n) is 5.12. The Morgan fingerprint density at radius 2 is 2.00 bits per heavy atom. The molecule has 1 aromatic carbocycles. The van der Waals surface area contributed by atoms with Gasteiger partial charge in [-0.25, -0.2) is 0 Å². The summed E-state index contributed by atoms with van der Waals surface area (Å²) in [6.45, 7) is 4.40. The Bertz CT molecular complexity index is 446. The molecule has 1 aromatic rings. The first-order chi connectivity index (χ1) is 9.99. The minimum absolute atomic E-state index is 0.348. The number of nitrogens with two attached hydrogens (primary N) is 1. The summed E-state index contributed by atoms with van der Waals surface area (Å²) in [5, 5.41) is 0. The smallest absolute Gasteiger partial charge is 0.325 e. The Hall–Kier alpha value is -1.75. The van der Waals surface area contributed by atoms with E-state index in [0.717, 1.165) is 24.3 Å². The van der Waals surface area contributed by atoms with Gasteiger partial charge in [-0.2, -0.15) is 0 Å². The Balaban J connectivity index is 2.26. The number of esters is 1. The van der Waals surface area contributed by atoms with Crippen molar-refractivity contribution in [1.29, 1.82) is 0 Å². The summed E-state index contributed by atoms with van der Waals surface area (Å²) in [5.74, 6) is 1.19. The summed E-state index contributed by atoms with van der Waals surface area (Å²) >= 11 is 0. The summed E-state index contributed by atoms with van der Waals surface area (Å²) in [4.78, 5) is 11.6. The topological polar surface area (TPSA) is 70.8 Å². The number of methoxy groups -OCH3 is 1. The molecule has 0 saturated heterocycles. The summed E-state index contributed by atoms with van der Waals surface area (Å²) in [6, 6.07) is 7.47. The zero-order chi connectivity index (χ0) is 15.7. The monoisotopic (exact) mass is 295 g/mol. The standard InChI is InChI=1S/C16H25NO4/c1-4-20-15(18)16(2,17)10-5-6-11-21-14-9-7-8-13(12-14)19-3/h7-9,12H,4-6,10-11,17H2,1-3H3. The van der Waals surface area contributed by atoms with Gasteiger partial charge in [-0.3, -0.25) is 4.79 Å². The lowest BCUT2D eigenvalue weighted by atomic mass is 9.96. The van der Waals surface area contributed by atoms with Crippen LogP contribution in [0.4, 0.5) is 0 Å². The van der Waals surface area contributed by atoms with E-state index in [2.05, 4.69) is 0 Å². The fourth-order valence-corrected chi connectivity index (χ4v) is 1.87. The van der Waals surface area contributed by atoms with Crippen molar-refractivity contribution >= 4 is 5.97 Å². The average molecular weight is 295 g/mol. The van der Waals surface area contributed by atoms with Crippen LogP contribution in [0.2, 0.25) is 0 Å². The largest absolute Gasteiger partial charge is 0.497 e. The number of benzene rings is 1. The molecular formula is C16H25NO4. The van der Waals surface area contributed by atoms with Gasteiger partial charge in [0.05, 0.1) is 20.3 Å². The lowest BCUT2D eigenvalue weighted by Crippen LogP contribution is -2.46. The summed E-state index contributed by atoms with van der Waals surface area (Å²) in [7, 11) is 1.62. The molecule has 1 unspecified atom stereocenters. The lowest BCUT2D eigenvalue weighted by molar-refractivity contribution is -0.149. The molecule has 1 atom stereocenters. The average Bonchev–Trinajstić information content (AvgIpc) is 2.47. The molecule has 0 aliphatic rings. The molecule has 0 saturated carbocycles. The molecule has 0 fully saturated rings. The fourth-order valence-electron chi connectivity index (χ4n) is 1.87. The highest BCUT2D eigenvalue weighted by Crippen LogP contribution is 2.19. The molecule has 1 rings (SSSR count). The third kappa shape index (κ3) is 6.04. The second kappa shape index (κ2) is 8.52. The predicted octanol–water partition coefficient (Wildman–Crippen LogP) is 2.52. The number of rotatable bonds is 9. The number of ether oxygens (including phenoxy) is 3. The van der Waals surface area contributed by atoms with Gasteiger partial charge in [-0.15, -0.1) is 0 Å². The highest BCUT2D eigenvalue weighted by atomic mass is 16.5. The highest BCUT2D eigenvalue weighted by Gasteiger charge is 2.28. The van der Waals surface area contributed by atoms with Crippen molar-refractivity contribution < 1.29 is 19.0 Å². The Morgan fingerprint density at radius 3 is 2.67 bits per heavy atom. The van der Waals surface area contributed by atoms with Crippen LogP contribution >= 0.6 is 0 Å². The lowest BCUT2D eigenvalue weighted by Gasteiger charge is -2.21. The maximum absolute atomic E-state index is 11.6. The van der Waals surface area contributed by atoms with Crippen LogP contribution in [0.15, 0.2) is 24.3 Å². The van der Waals surface area contributed by atoms with E-state index < -0.39 is 5.54 Å². The molecule has 5 nitrogen and oxygen atoms in total. The fraction of sp³-hybridized carbons (Fsp3) is 0.562. The van der Waals surface area contributed by atoms with E-state index in [1.54, 1.807) is 21.0 Å². The van der Waals surface area contributed by atoms with E-state index in [-0.39, 0.29) is 5.97 Å². The van der Waals surface area contributed by atoms with Crippen molar-refractivity contribution in [3.05, 3.63) is 24.3 Å². The number of carbonyl (C=O) groups is 1. The van der Waals surface area contributed by atoms with Crippen molar-refractivity contribution in [2.45, 2.75) is 38.6 Å². The first-order valence-corrected chi connectivity index (χ1v) is 7.22. The zero-order valence-electron chi connectivity index (χ0n) is 13.1. The van der Waals surface area contributed by atoms with Gasteiger partial charge in [0.25, 0.3) is 0 Å². The van der Waals surface area contributed by atoms with Crippen molar-refractivity contribution in [3.63, 3.8) is 0 Å². The quantitative estimate of drug-likeness (QED) is 0.560. The van der Waals surface area contributed by atoms with Gasteiger partial charge < -0.3 is 19.9 Å². The number of hydrogen-bond acceptors (Lipinski definition) is 5. The van der Waals surface area contributed by atoms with Crippen LogP contribution in [0, 0.1) is 0 Å². The van der Waals surface area contributed by atoms with Gasteiger partial charge in [0, 0.05) is 6.07 Å². The minimum Gasteiger partial charge on any atom is -0.497 e. The van der Waals surface area contributed by atoms with Gasteiger partial charge in [0.2, 0.25) is 0 Å². The van der Waals surface area contributed by atoms with Crippen molar-refractivity contribution in [2.24, 2.45) is 5.73 Å². The first-order valence-electron chi connectivity index (χ1n) is 7.22. The molecule has 0 amide bonds. The first kappa shape index (κ1) is 17.3. The molecule has 0 aliphatic carbocycles. The van der Waals surface area contributed by atoms with Crippen molar-refractivity contribution in [1.82, 2.24) is 0 Å². The molecule has 5 heteroatoms. The van der Waals surface area contributed by atoms with Crippen LogP contribution in [0.25, 0.3) is 0 Å². The minimum atomic E-state index is -0.925. The summed E-state index contributed by atoms with van der Waals surface area (Å²) in [5.41, 5.74) is 5.02. The van der Waals surface area contributed by atoms with E-state index in [1.807, 2.05) is 24.3 Å². The van der Waals surface area contributed by atoms with E-state index in [0.29, 0.717) is 19.6 Å². The third-order valence-corrected chi connectivity index (χ3v) is 3.14. The molecule has 2 N–H and O–H groups in total. The molecule has 0 aromatic heterocycles. The normalized spacial score (nSPS) is 13.3. The van der Waals surface area contributed by atoms with Crippen molar-refractivity contribution in [2.75, 3.05) is 20.3 Å². The Labute approximate surface area is 126 Å². The summed E-state index contributed by atoms with van der Waals surface area (Å²) < 4.78 is 15.7. The maximum atomic E-state index is 11.6. The zero-order valence-corrected chi connectivity index (χ0v) is 13.1. The van der Waals surface area contributed by atoms with Gasteiger partial charge in [-0.1, -0.05) is 6.07 Å². The molecular weight excluding hydrogens is 270 g/mol. The molecule has 0 radical (unpaired) electrons. The van der Waals surface area contributed by atoms with Gasteiger partial charge >= 0.3 is 5.97 Å². The van der Waals surface area contributed by atoms with Gasteiger partial charge in [-0.05, 0) is 45.2 Å². The van der Waals surface area contributed by atoms with Crippen LogP contribution in [0.1, 0.15) is 33.1 Å². The summed E-state index contributed by atoms with van der Waals surface area (Å²) in [6.07, 6.45) is 2.20. The maximum Gasteiger partial charge on any atom is 0.325 e. The molecule has 118 valence electrons. The van der Waals surface area contributed by atoms with Crippen LogP contribution in [0.5, 0.6) is 11.5 Å². The van der Waals surface area contributed by atoms with Crippen LogP contribution in [-0.4, -0.2) is 31.8 Å². The third-order valence-electron chi connectivity index (χ3n) is 3.14. The SMILES string of the molecule is CCOC(=O)C(C)(N)CCCCOc1cccc(OC)c1. The predicted molar refractivity (Wildman–Crippen MR) is 81.6 cm³/mol. The Kier molecular flexibility index (Phi) is 7.02. The van der Waals surface area contributed by atoms with Gasteiger partial charge in [0.15, 0.2) is 0 Å². The van der Waals surface area contributed by atoms with E-state index >= 15 is 0 Å². The highest BCUT2D eigenvalue weighted by molar-refractivity contribution is 5.79. The van der Waals surface area contributed by atoms with Gasteiger partial charge in [0.1, 0.15) is 17.0 Å². The van der Waals surface area contributed by atoms with E-state index in [1.165, 1.54) is 0 Å². The van der Waals surface area contributed by atoms with Crippen LogP contribution in [0.3, 0.4) is 0 Å².